The van der Waals surface area contributed by atoms with Gasteiger partial charge in [-0.1, -0.05) is 42.5 Å². The first kappa shape index (κ1) is 23.7. The SMILES string of the molecule is COc1ccc(Cn2nnnc2C(c2ccccc2F)N2CCN(c3ccccc3OC)CC2)cc1. The summed E-state index contributed by atoms with van der Waals surface area (Å²) >= 11 is 0. The highest BCUT2D eigenvalue weighted by Gasteiger charge is 2.32. The number of para-hydroxylation sites is 2. The Bertz CT molecular complexity index is 1290. The summed E-state index contributed by atoms with van der Waals surface area (Å²) in [5, 5.41) is 12.6. The molecule has 5 rings (SSSR count). The fraction of sp³-hybridized carbons (Fsp3) is 0.296. The second kappa shape index (κ2) is 10.7. The lowest BCUT2D eigenvalue weighted by atomic mass is 10.0. The number of hydrogen-bond donors (Lipinski definition) is 0. The molecule has 1 saturated heterocycles. The van der Waals surface area contributed by atoms with Crippen LogP contribution in [0.1, 0.15) is 23.0 Å². The molecule has 1 atom stereocenters. The van der Waals surface area contributed by atoms with Crippen LogP contribution >= 0.6 is 0 Å². The van der Waals surface area contributed by atoms with Gasteiger partial charge in [0.25, 0.3) is 0 Å². The van der Waals surface area contributed by atoms with E-state index in [1.807, 2.05) is 54.6 Å². The van der Waals surface area contributed by atoms with Crippen LogP contribution in [-0.2, 0) is 6.54 Å². The average molecular weight is 489 g/mol. The Kier molecular flexibility index (Phi) is 7.08. The summed E-state index contributed by atoms with van der Waals surface area (Å²) in [5.74, 6) is 1.98. The van der Waals surface area contributed by atoms with Crippen molar-refractivity contribution in [2.24, 2.45) is 0 Å². The van der Waals surface area contributed by atoms with Gasteiger partial charge >= 0.3 is 0 Å². The third kappa shape index (κ3) is 4.87. The molecule has 8 nitrogen and oxygen atoms in total. The van der Waals surface area contributed by atoms with Crippen LogP contribution in [0, 0.1) is 5.82 Å². The number of anilines is 1. The zero-order valence-electron chi connectivity index (χ0n) is 20.4. The number of aromatic nitrogens is 4. The Balaban J connectivity index is 1.43. The van der Waals surface area contributed by atoms with E-state index in [-0.39, 0.29) is 5.82 Å². The summed E-state index contributed by atoms with van der Waals surface area (Å²) < 4.78 is 27.7. The van der Waals surface area contributed by atoms with Crippen molar-refractivity contribution in [1.29, 1.82) is 0 Å². The van der Waals surface area contributed by atoms with Crippen molar-refractivity contribution >= 4 is 5.69 Å². The van der Waals surface area contributed by atoms with E-state index in [4.69, 9.17) is 9.47 Å². The molecule has 1 unspecified atom stereocenters. The van der Waals surface area contributed by atoms with Gasteiger partial charge in [-0.15, -0.1) is 5.10 Å². The van der Waals surface area contributed by atoms with E-state index in [0.717, 1.165) is 35.8 Å². The van der Waals surface area contributed by atoms with E-state index in [2.05, 4.69) is 31.4 Å². The van der Waals surface area contributed by atoms with Crippen molar-refractivity contribution in [3.63, 3.8) is 0 Å². The Labute approximate surface area is 209 Å². The van der Waals surface area contributed by atoms with Gasteiger partial charge in [-0.2, -0.15) is 0 Å². The highest BCUT2D eigenvalue weighted by molar-refractivity contribution is 5.58. The first-order valence-corrected chi connectivity index (χ1v) is 11.9. The predicted octanol–water partition coefficient (Wildman–Crippen LogP) is 3.79. The minimum Gasteiger partial charge on any atom is -0.497 e. The van der Waals surface area contributed by atoms with Gasteiger partial charge < -0.3 is 14.4 Å². The summed E-state index contributed by atoms with van der Waals surface area (Å²) in [6.07, 6.45) is 0. The molecule has 0 N–H and O–H groups in total. The van der Waals surface area contributed by atoms with Gasteiger partial charge in [-0.05, 0) is 46.3 Å². The number of piperazine rings is 1. The van der Waals surface area contributed by atoms with Crippen molar-refractivity contribution in [2.45, 2.75) is 12.6 Å². The van der Waals surface area contributed by atoms with Crippen LogP contribution in [0.2, 0.25) is 0 Å². The Morgan fingerprint density at radius 3 is 2.31 bits per heavy atom. The number of tetrazole rings is 1. The lowest BCUT2D eigenvalue weighted by Crippen LogP contribution is -2.48. The number of benzene rings is 3. The predicted molar refractivity (Wildman–Crippen MR) is 135 cm³/mol. The van der Waals surface area contributed by atoms with Gasteiger partial charge in [0, 0.05) is 31.7 Å². The smallest absolute Gasteiger partial charge is 0.173 e. The molecule has 1 aliphatic heterocycles. The number of rotatable bonds is 8. The Morgan fingerprint density at radius 1 is 0.861 bits per heavy atom. The lowest BCUT2D eigenvalue weighted by molar-refractivity contribution is 0.197. The molecular formula is C27H29FN6O2. The molecule has 3 aromatic carbocycles. The molecule has 0 amide bonds. The summed E-state index contributed by atoms with van der Waals surface area (Å²) in [6, 6.07) is 22.2. The van der Waals surface area contributed by atoms with Gasteiger partial charge in [0.2, 0.25) is 0 Å². The number of halogens is 1. The van der Waals surface area contributed by atoms with Crippen LogP contribution in [0.15, 0.2) is 72.8 Å². The van der Waals surface area contributed by atoms with E-state index in [9.17, 15) is 0 Å². The number of ether oxygens (including phenoxy) is 2. The van der Waals surface area contributed by atoms with E-state index in [0.29, 0.717) is 31.0 Å². The quantitative estimate of drug-likeness (QED) is 0.374. The normalized spacial score (nSPS) is 15.0. The fourth-order valence-electron chi connectivity index (χ4n) is 4.73. The Morgan fingerprint density at radius 2 is 1.58 bits per heavy atom. The molecule has 36 heavy (non-hydrogen) atoms. The molecule has 4 aromatic rings. The maximum atomic E-state index is 15.1. The van der Waals surface area contributed by atoms with Gasteiger partial charge in [0.05, 0.1) is 26.5 Å². The van der Waals surface area contributed by atoms with Gasteiger partial charge in [-0.25, -0.2) is 9.07 Å². The topological polar surface area (TPSA) is 68.5 Å². The van der Waals surface area contributed by atoms with Crippen molar-refractivity contribution < 1.29 is 13.9 Å². The summed E-state index contributed by atoms with van der Waals surface area (Å²) in [7, 11) is 3.33. The standard InChI is InChI=1S/C27H29FN6O2/c1-35-21-13-11-20(12-14-21)19-34-27(29-30-31-34)26(22-7-3-4-8-23(22)28)33-17-15-32(16-18-33)24-9-5-6-10-25(24)36-2/h3-14,26H,15-19H2,1-2H3. The van der Waals surface area contributed by atoms with Crippen molar-refractivity contribution in [2.75, 3.05) is 45.3 Å². The highest BCUT2D eigenvalue weighted by atomic mass is 19.1. The molecule has 186 valence electrons. The molecular weight excluding hydrogens is 459 g/mol. The highest BCUT2D eigenvalue weighted by Crippen LogP contribution is 2.33. The van der Waals surface area contributed by atoms with E-state index in [1.165, 1.54) is 6.07 Å². The molecule has 0 saturated carbocycles. The molecule has 9 heteroatoms. The third-order valence-corrected chi connectivity index (χ3v) is 6.60. The van der Waals surface area contributed by atoms with Crippen LogP contribution in [0.4, 0.5) is 10.1 Å². The maximum Gasteiger partial charge on any atom is 0.173 e. The molecule has 0 radical (unpaired) electrons. The maximum absolute atomic E-state index is 15.1. The lowest BCUT2D eigenvalue weighted by Gasteiger charge is -2.40. The van der Waals surface area contributed by atoms with Crippen molar-refractivity contribution in [1.82, 2.24) is 25.1 Å². The minimum absolute atomic E-state index is 0.270. The first-order chi connectivity index (χ1) is 17.7. The summed E-state index contributed by atoms with van der Waals surface area (Å²) in [5.41, 5.74) is 2.65. The molecule has 0 spiro atoms. The molecule has 1 aromatic heterocycles. The summed E-state index contributed by atoms with van der Waals surface area (Å²) in [4.78, 5) is 4.55. The second-order valence-electron chi connectivity index (χ2n) is 8.66. The number of nitrogens with zero attached hydrogens (tertiary/aromatic N) is 6. The number of methoxy groups -OCH3 is 2. The second-order valence-corrected chi connectivity index (χ2v) is 8.66. The fourth-order valence-corrected chi connectivity index (χ4v) is 4.73. The molecule has 0 aliphatic carbocycles. The van der Waals surface area contributed by atoms with Gasteiger partial charge in [0.15, 0.2) is 5.82 Å². The largest absolute Gasteiger partial charge is 0.497 e. The molecule has 1 fully saturated rings. The van der Waals surface area contributed by atoms with Crippen molar-refractivity contribution in [3.8, 4) is 11.5 Å². The van der Waals surface area contributed by atoms with Crippen LogP contribution in [0.25, 0.3) is 0 Å². The summed E-state index contributed by atoms with van der Waals surface area (Å²) in [6.45, 7) is 3.44. The van der Waals surface area contributed by atoms with Crippen LogP contribution in [-0.4, -0.2) is 65.5 Å². The van der Waals surface area contributed by atoms with Crippen LogP contribution in [0.5, 0.6) is 11.5 Å². The van der Waals surface area contributed by atoms with Crippen molar-refractivity contribution in [3.05, 3.63) is 95.6 Å². The zero-order chi connectivity index (χ0) is 24.9. The van der Waals surface area contributed by atoms with E-state index < -0.39 is 6.04 Å². The van der Waals surface area contributed by atoms with Gasteiger partial charge in [0.1, 0.15) is 23.4 Å². The number of hydrogen-bond acceptors (Lipinski definition) is 7. The average Bonchev–Trinajstić information content (AvgIpc) is 3.38. The minimum atomic E-state index is -0.417. The molecule has 1 aliphatic rings. The molecule has 0 bridgehead atoms. The first-order valence-electron chi connectivity index (χ1n) is 11.9. The Hall–Kier alpha value is -3.98. The van der Waals surface area contributed by atoms with Crippen LogP contribution in [0.3, 0.4) is 0 Å². The van der Waals surface area contributed by atoms with E-state index >= 15 is 4.39 Å². The third-order valence-electron chi connectivity index (χ3n) is 6.60. The zero-order valence-corrected chi connectivity index (χ0v) is 20.4. The van der Waals surface area contributed by atoms with Gasteiger partial charge in [-0.3, -0.25) is 4.90 Å². The monoisotopic (exact) mass is 488 g/mol. The molecule has 2 heterocycles. The van der Waals surface area contributed by atoms with Crippen LogP contribution < -0.4 is 14.4 Å². The van der Waals surface area contributed by atoms with E-state index in [1.54, 1.807) is 25.0 Å².